The molecule has 0 heterocycles. The van der Waals surface area contributed by atoms with Gasteiger partial charge in [0.25, 0.3) is 0 Å². The SMILES string of the molecule is CCCCCCCC(O)(CC)CCO. The molecule has 0 radical (unpaired) electrons. The molecule has 0 aliphatic carbocycles. The second-order valence-electron chi connectivity index (χ2n) is 4.22. The van der Waals surface area contributed by atoms with E-state index in [1.54, 1.807) is 0 Å². The maximum atomic E-state index is 10.0. The lowest BCUT2D eigenvalue weighted by Gasteiger charge is -2.25. The first-order valence-corrected chi connectivity index (χ1v) is 6.01. The van der Waals surface area contributed by atoms with E-state index >= 15 is 0 Å². The van der Waals surface area contributed by atoms with Gasteiger partial charge in [0.2, 0.25) is 0 Å². The molecule has 0 amide bonds. The van der Waals surface area contributed by atoms with Crippen molar-refractivity contribution in [2.75, 3.05) is 6.61 Å². The zero-order chi connectivity index (χ0) is 10.9. The van der Waals surface area contributed by atoms with Gasteiger partial charge in [0, 0.05) is 6.61 Å². The van der Waals surface area contributed by atoms with Gasteiger partial charge in [-0.15, -0.1) is 0 Å². The fraction of sp³-hybridized carbons (Fsp3) is 1.00. The summed E-state index contributed by atoms with van der Waals surface area (Å²) >= 11 is 0. The van der Waals surface area contributed by atoms with Crippen LogP contribution in [0, 0.1) is 0 Å². The van der Waals surface area contributed by atoms with Crippen molar-refractivity contribution >= 4 is 0 Å². The zero-order valence-electron chi connectivity index (χ0n) is 9.76. The zero-order valence-corrected chi connectivity index (χ0v) is 9.76. The molecule has 0 aromatic heterocycles. The average Bonchev–Trinajstić information content (AvgIpc) is 2.18. The molecule has 1 atom stereocenters. The van der Waals surface area contributed by atoms with Crippen molar-refractivity contribution in [1.82, 2.24) is 0 Å². The van der Waals surface area contributed by atoms with E-state index in [0.717, 1.165) is 19.3 Å². The Balaban J connectivity index is 3.51. The van der Waals surface area contributed by atoms with Gasteiger partial charge in [-0.25, -0.2) is 0 Å². The van der Waals surface area contributed by atoms with Crippen LogP contribution in [0.3, 0.4) is 0 Å². The van der Waals surface area contributed by atoms with Crippen LogP contribution < -0.4 is 0 Å². The van der Waals surface area contributed by atoms with Crippen LogP contribution in [0.25, 0.3) is 0 Å². The molecule has 0 fully saturated rings. The highest BCUT2D eigenvalue weighted by Crippen LogP contribution is 2.22. The number of aliphatic hydroxyl groups is 2. The number of rotatable bonds is 9. The first-order chi connectivity index (χ1) is 6.68. The lowest BCUT2D eigenvalue weighted by molar-refractivity contribution is 0.00224. The summed E-state index contributed by atoms with van der Waals surface area (Å²) in [5, 5.41) is 18.8. The fourth-order valence-electron chi connectivity index (χ4n) is 1.74. The van der Waals surface area contributed by atoms with Crippen molar-refractivity contribution in [3.63, 3.8) is 0 Å². The summed E-state index contributed by atoms with van der Waals surface area (Å²) in [4.78, 5) is 0. The predicted octanol–water partition coefficient (Wildman–Crippen LogP) is 2.87. The molecule has 0 aliphatic rings. The third-order valence-corrected chi connectivity index (χ3v) is 2.98. The van der Waals surface area contributed by atoms with Gasteiger partial charge in [-0.2, -0.15) is 0 Å². The summed E-state index contributed by atoms with van der Waals surface area (Å²) in [6.07, 6.45) is 8.24. The summed E-state index contributed by atoms with van der Waals surface area (Å²) < 4.78 is 0. The minimum Gasteiger partial charge on any atom is -0.396 e. The van der Waals surface area contributed by atoms with E-state index in [9.17, 15) is 5.11 Å². The normalized spacial score (nSPS) is 15.4. The van der Waals surface area contributed by atoms with Crippen molar-refractivity contribution in [3.05, 3.63) is 0 Å². The maximum absolute atomic E-state index is 10.0. The minimum atomic E-state index is -0.610. The average molecular weight is 202 g/mol. The number of hydrogen-bond acceptors (Lipinski definition) is 2. The third kappa shape index (κ3) is 6.39. The molecule has 0 aromatic rings. The molecular formula is C12H26O2. The molecule has 86 valence electrons. The number of hydrogen-bond donors (Lipinski definition) is 2. The van der Waals surface area contributed by atoms with Crippen LogP contribution in [0.2, 0.25) is 0 Å². The van der Waals surface area contributed by atoms with E-state index < -0.39 is 5.60 Å². The van der Waals surface area contributed by atoms with Crippen LogP contribution in [-0.4, -0.2) is 22.4 Å². The topological polar surface area (TPSA) is 40.5 Å². The summed E-state index contributed by atoms with van der Waals surface area (Å²) in [5.74, 6) is 0. The molecule has 1 unspecified atom stereocenters. The van der Waals surface area contributed by atoms with Gasteiger partial charge in [-0.05, 0) is 19.3 Å². The van der Waals surface area contributed by atoms with Crippen LogP contribution in [0.5, 0.6) is 0 Å². The smallest absolute Gasteiger partial charge is 0.0667 e. The molecule has 0 aromatic carbocycles. The number of aliphatic hydroxyl groups excluding tert-OH is 1. The van der Waals surface area contributed by atoms with Crippen molar-refractivity contribution in [2.45, 2.75) is 70.8 Å². The summed E-state index contributed by atoms with van der Waals surface area (Å²) in [7, 11) is 0. The standard InChI is InChI=1S/C12H26O2/c1-3-5-6-7-8-9-12(14,4-2)10-11-13/h13-14H,3-11H2,1-2H3. The second-order valence-corrected chi connectivity index (χ2v) is 4.22. The molecule has 0 bridgehead atoms. The van der Waals surface area contributed by atoms with Crippen LogP contribution in [0.15, 0.2) is 0 Å². The van der Waals surface area contributed by atoms with Gasteiger partial charge in [0.05, 0.1) is 5.60 Å². The van der Waals surface area contributed by atoms with Gasteiger partial charge in [0.1, 0.15) is 0 Å². The van der Waals surface area contributed by atoms with Crippen LogP contribution >= 0.6 is 0 Å². The van der Waals surface area contributed by atoms with E-state index in [0.29, 0.717) is 6.42 Å². The summed E-state index contributed by atoms with van der Waals surface area (Å²) in [5.41, 5.74) is -0.610. The lowest BCUT2D eigenvalue weighted by Crippen LogP contribution is -2.28. The van der Waals surface area contributed by atoms with E-state index in [-0.39, 0.29) is 6.61 Å². The highest BCUT2D eigenvalue weighted by atomic mass is 16.3. The van der Waals surface area contributed by atoms with E-state index in [2.05, 4.69) is 6.92 Å². The van der Waals surface area contributed by atoms with Crippen LogP contribution in [0.4, 0.5) is 0 Å². The predicted molar refractivity (Wildman–Crippen MR) is 60.3 cm³/mol. The summed E-state index contributed by atoms with van der Waals surface area (Å²) in [6.45, 7) is 4.29. The monoisotopic (exact) mass is 202 g/mol. The van der Waals surface area contributed by atoms with Crippen LogP contribution in [-0.2, 0) is 0 Å². The Hall–Kier alpha value is -0.0800. The lowest BCUT2D eigenvalue weighted by atomic mass is 9.90. The Morgan fingerprint density at radius 2 is 1.57 bits per heavy atom. The van der Waals surface area contributed by atoms with Crippen LogP contribution in [0.1, 0.15) is 65.2 Å². The Kier molecular flexibility index (Phi) is 8.20. The molecule has 14 heavy (non-hydrogen) atoms. The van der Waals surface area contributed by atoms with Gasteiger partial charge >= 0.3 is 0 Å². The highest BCUT2D eigenvalue weighted by Gasteiger charge is 2.22. The molecule has 2 heteroatoms. The largest absolute Gasteiger partial charge is 0.396 e. The Bertz CT molecular complexity index is 125. The quantitative estimate of drug-likeness (QED) is 0.564. The molecule has 0 rings (SSSR count). The van der Waals surface area contributed by atoms with E-state index in [1.165, 1.54) is 25.7 Å². The van der Waals surface area contributed by atoms with Crippen molar-refractivity contribution in [2.24, 2.45) is 0 Å². The minimum absolute atomic E-state index is 0.0965. The first kappa shape index (κ1) is 13.9. The molecule has 0 saturated heterocycles. The summed E-state index contributed by atoms with van der Waals surface area (Å²) in [6, 6.07) is 0. The first-order valence-electron chi connectivity index (χ1n) is 6.01. The molecule has 0 aliphatic heterocycles. The Morgan fingerprint density at radius 3 is 2.07 bits per heavy atom. The molecule has 0 saturated carbocycles. The Morgan fingerprint density at radius 1 is 0.929 bits per heavy atom. The molecule has 2 nitrogen and oxygen atoms in total. The second kappa shape index (κ2) is 8.25. The van der Waals surface area contributed by atoms with Gasteiger partial charge in [-0.3, -0.25) is 0 Å². The number of unbranched alkanes of at least 4 members (excludes halogenated alkanes) is 4. The highest BCUT2D eigenvalue weighted by molar-refractivity contribution is 4.75. The van der Waals surface area contributed by atoms with Crippen molar-refractivity contribution in [1.29, 1.82) is 0 Å². The van der Waals surface area contributed by atoms with Crippen molar-refractivity contribution in [3.8, 4) is 0 Å². The van der Waals surface area contributed by atoms with E-state index in [1.807, 2.05) is 6.92 Å². The van der Waals surface area contributed by atoms with Gasteiger partial charge < -0.3 is 10.2 Å². The van der Waals surface area contributed by atoms with Gasteiger partial charge in [0.15, 0.2) is 0 Å². The third-order valence-electron chi connectivity index (χ3n) is 2.98. The molecule has 0 spiro atoms. The fourth-order valence-corrected chi connectivity index (χ4v) is 1.74. The molecule has 2 N–H and O–H groups in total. The molecular weight excluding hydrogens is 176 g/mol. The van der Waals surface area contributed by atoms with E-state index in [4.69, 9.17) is 5.11 Å². The van der Waals surface area contributed by atoms with Gasteiger partial charge in [-0.1, -0.05) is 46.0 Å². The Labute approximate surface area is 88.3 Å². The van der Waals surface area contributed by atoms with Crippen molar-refractivity contribution < 1.29 is 10.2 Å². The maximum Gasteiger partial charge on any atom is 0.0667 e.